The van der Waals surface area contributed by atoms with E-state index in [-0.39, 0.29) is 44.5 Å². The molecule has 0 aromatic heterocycles. The number of rotatable bonds is 9. The summed E-state index contributed by atoms with van der Waals surface area (Å²) in [6.45, 7) is 0. The predicted octanol–water partition coefficient (Wildman–Crippen LogP) is 5.81. The van der Waals surface area contributed by atoms with Gasteiger partial charge in [0.05, 0.1) is 43.5 Å². The molecule has 0 amide bonds. The molecule has 0 radical (unpaired) electrons. The van der Waals surface area contributed by atoms with E-state index < -0.39 is 18.2 Å². The molecule has 0 aliphatic rings. The van der Waals surface area contributed by atoms with Crippen LogP contribution in [0.15, 0.2) is 59.1 Å². The normalized spacial score (nSPS) is 12.4. The molecule has 0 spiro atoms. The van der Waals surface area contributed by atoms with Gasteiger partial charge >= 0.3 is 0 Å². The zero-order chi connectivity index (χ0) is 25.0. The molecule has 7 nitrogen and oxygen atoms in total. The Kier molecular flexibility index (Phi) is 8.08. The summed E-state index contributed by atoms with van der Waals surface area (Å²) in [7, 11) is 0.618. The van der Waals surface area contributed by atoms with Gasteiger partial charge < -0.3 is 23.5 Å². The zero-order valence-corrected chi connectivity index (χ0v) is 22.0. The molecule has 178 valence electrons. The van der Waals surface area contributed by atoms with Crippen molar-refractivity contribution in [2.75, 3.05) is 28.4 Å². The van der Waals surface area contributed by atoms with Crippen LogP contribution in [0.25, 0.3) is 0 Å². The highest BCUT2D eigenvalue weighted by molar-refractivity contribution is 9.10. The second kappa shape index (κ2) is 10.6. The Labute approximate surface area is 210 Å². The van der Waals surface area contributed by atoms with Crippen molar-refractivity contribution in [3.05, 3.63) is 75.2 Å². The third-order valence-electron chi connectivity index (χ3n) is 5.07. The second-order valence-corrected chi connectivity index (χ2v) is 10.6. The van der Waals surface area contributed by atoms with Crippen molar-refractivity contribution >= 4 is 51.0 Å². The topological polar surface area (TPSA) is 88.1 Å². The minimum absolute atomic E-state index is 0.00960. The molecule has 0 bridgehead atoms. The molecule has 0 aliphatic heterocycles. The van der Waals surface area contributed by atoms with Gasteiger partial charge in [-0.3, -0.25) is 9.59 Å². The molecular weight excluding hydrogens is 547 g/mol. The Morgan fingerprint density at radius 2 is 1.41 bits per heavy atom. The highest BCUT2D eigenvalue weighted by atomic mass is 79.9. The number of carbonyl (C=O) groups is 2. The average molecular weight is 568 g/mol. The lowest BCUT2D eigenvalue weighted by Crippen LogP contribution is -2.25. The summed E-state index contributed by atoms with van der Waals surface area (Å²) >= 11 is 9.71. The molecule has 1 unspecified atom stereocenters. The van der Waals surface area contributed by atoms with E-state index in [1.165, 1.54) is 58.8 Å². The lowest BCUT2D eigenvalue weighted by atomic mass is 10.2. The summed E-state index contributed by atoms with van der Waals surface area (Å²) in [6, 6.07) is 13.9. The molecule has 3 aromatic carbocycles. The molecule has 0 N–H and O–H groups in total. The van der Waals surface area contributed by atoms with Gasteiger partial charge in [-0.05, 0) is 28.1 Å². The fourth-order valence-electron chi connectivity index (χ4n) is 3.51. The number of methoxy groups -OCH3 is 4. The van der Waals surface area contributed by atoms with E-state index in [4.69, 9.17) is 30.5 Å². The largest absolute Gasteiger partial charge is 0.496 e. The van der Waals surface area contributed by atoms with E-state index in [2.05, 4.69) is 15.9 Å². The maximum absolute atomic E-state index is 15.0. The fourth-order valence-corrected chi connectivity index (χ4v) is 7.18. The quantitative estimate of drug-likeness (QED) is 0.302. The Morgan fingerprint density at radius 3 is 1.97 bits per heavy atom. The Bertz CT molecular complexity index is 1290. The van der Waals surface area contributed by atoms with Crippen LogP contribution in [0.1, 0.15) is 20.7 Å². The van der Waals surface area contributed by atoms with Crippen molar-refractivity contribution in [3.8, 4) is 23.0 Å². The average Bonchev–Trinajstić information content (AvgIpc) is 2.86. The van der Waals surface area contributed by atoms with Crippen LogP contribution in [-0.4, -0.2) is 39.5 Å². The molecular formula is C24H21BrClO7P. The van der Waals surface area contributed by atoms with Crippen LogP contribution in [0, 0.1) is 0 Å². The van der Waals surface area contributed by atoms with Crippen LogP contribution in [0.5, 0.6) is 23.0 Å². The summed E-state index contributed by atoms with van der Waals surface area (Å²) in [4.78, 5) is 28.0. The van der Waals surface area contributed by atoms with Crippen LogP contribution in [-0.2, 0) is 4.57 Å². The van der Waals surface area contributed by atoms with E-state index in [1.807, 2.05) is 0 Å². The standard InChI is InChI=1S/C24H21BrClO7P/c1-30-17-12-8-11-16(26)19(17)24(28)34(29,23(27)14-9-6-5-7-10-14)22-20(32-3)15(25)13-18(31-2)21(22)33-4/h5-13H,1-4H3. The van der Waals surface area contributed by atoms with Gasteiger partial charge in [-0.1, -0.05) is 48.0 Å². The van der Waals surface area contributed by atoms with Crippen molar-refractivity contribution in [1.82, 2.24) is 0 Å². The Hall–Kier alpha value is -2.80. The maximum atomic E-state index is 15.0. The molecule has 0 saturated heterocycles. The second-order valence-electron chi connectivity index (χ2n) is 6.88. The third kappa shape index (κ3) is 4.33. The van der Waals surface area contributed by atoms with Gasteiger partial charge in [-0.25, -0.2) is 0 Å². The van der Waals surface area contributed by atoms with Crippen molar-refractivity contribution < 1.29 is 33.1 Å². The highest BCUT2D eigenvalue weighted by Gasteiger charge is 2.49. The van der Waals surface area contributed by atoms with Crippen LogP contribution in [0.3, 0.4) is 0 Å². The maximum Gasteiger partial charge on any atom is 0.256 e. The lowest BCUT2D eigenvalue weighted by molar-refractivity contribution is 0.103. The number of hydrogen-bond acceptors (Lipinski definition) is 7. The number of ether oxygens (including phenoxy) is 4. The molecule has 3 rings (SSSR count). The first-order chi connectivity index (χ1) is 16.3. The van der Waals surface area contributed by atoms with Gasteiger partial charge in [0.25, 0.3) is 7.14 Å². The van der Waals surface area contributed by atoms with Crippen LogP contribution in [0.2, 0.25) is 5.02 Å². The molecule has 0 heterocycles. The molecule has 0 fully saturated rings. The first-order valence-corrected chi connectivity index (χ1v) is 12.7. The predicted molar refractivity (Wildman–Crippen MR) is 134 cm³/mol. The van der Waals surface area contributed by atoms with Crippen LogP contribution >= 0.6 is 34.7 Å². The Balaban J connectivity index is 2.50. The monoisotopic (exact) mass is 566 g/mol. The molecule has 34 heavy (non-hydrogen) atoms. The van der Waals surface area contributed by atoms with E-state index in [9.17, 15) is 14.2 Å². The van der Waals surface area contributed by atoms with E-state index in [0.29, 0.717) is 4.47 Å². The van der Waals surface area contributed by atoms with Crippen molar-refractivity contribution in [1.29, 1.82) is 0 Å². The van der Waals surface area contributed by atoms with Crippen molar-refractivity contribution in [2.45, 2.75) is 0 Å². The van der Waals surface area contributed by atoms with Crippen molar-refractivity contribution in [2.24, 2.45) is 0 Å². The number of halogens is 2. The molecule has 0 saturated carbocycles. The third-order valence-corrected chi connectivity index (χ3v) is 8.64. The summed E-state index contributed by atoms with van der Waals surface area (Å²) < 4.78 is 37.0. The SMILES string of the molecule is COc1cc(Br)c(OC)c(P(=O)(C(=O)c2ccccc2)C(=O)c2c(Cl)cccc2OC)c1OC. The van der Waals surface area contributed by atoms with E-state index in [1.54, 1.807) is 24.3 Å². The van der Waals surface area contributed by atoms with Crippen molar-refractivity contribution in [3.63, 3.8) is 0 Å². The zero-order valence-electron chi connectivity index (χ0n) is 18.8. The molecule has 10 heteroatoms. The summed E-state index contributed by atoms with van der Waals surface area (Å²) in [5.41, 5.74) is -2.08. The van der Waals surface area contributed by atoms with E-state index >= 15 is 0 Å². The summed E-state index contributed by atoms with van der Waals surface area (Å²) in [5, 5.41) is -0.269. The minimum Gasteiger partial charge on any atom is -0.496 e. The molecule has 3 aromatic rings. The summed E-state index contributed by atoms with van der Waals surface area (Å²) in [6.07, 6.45) is 0. The summed E-state index contributed by atoms with van der Waals surface area (Å²) in [5.74, 6) is 0.128. The van der Waals surface area contributed by atoms with Gasteiger partial charge in [0, 0.05) is 11.6 Å². The highest BCUT2D eigenvalue weighted by Crippen LogP contribution is 2.59. The molecule has 1 atom stereocenters. The van der Waals surface area contributed by atoms with Gasteiger partial charge in [0.2, 0.25) is 11.0 Å². The Morgan fingerprint density at radius 1 is 0.794 bits per heavy atom. The van der Waals surface area contributed by atoms with Crippen LogP contribution in [0.4, 0.5) is 0 Å². The van der Waals surface area contributed by atoms with E-state index in [0.717, 1.165) is 0 Å². The number of carbonyl (C=O) groups excluding carboxylic acids is 2. The first kappa shape index (κ1) is 25.8. The first-order valence-electron chi connectivity index (χ1n) is 9.82. The van der Waals surface area contributed by atoms with Crippen LogP contribution < -0.4 is 24.3 Å². The van der Waals surface area contributed by atoms with Gasteiger partial charge in [0.1, 0.15) is 16.8 Å². The number of hydrogen-bond donors (Lipinski definition) is 0. The lowest BCUT2D eigenvalue weighted by Gasteiger charge is -2.24. The fraction of sp³-hybridized carbons (Fsp3) is 0.167. The van der Waals surface area contributed by atoms with Gasteiger partial charge in [-0.15, -0.1) is 0 Å². The van der Waals surface area contributed by atoms with Gasteiger partial charge in [-0.2, -0.15) is 0 Å². The molecule has 0 aliphatic carbocycles. The smallest absolute Gasteiger partial charge is 0.256 e. The minimum atomic E-state index is -4.74. The number of benzene rings is 3. The van der Waals surface area contributed by atoms with Gasteiger partial charge in [0.15, 0.2) is 11.5 Å².